The Morgan fingerprint density at radius 1 is 1.47 bits per heavy atom. The molecule has 2 aliphatic rings. The molecule has 2 aliphatic heterocycles. The third kappa shape index (κ3) is 3.19. The molecule has 0 unspecified atom stereocenters. The lowest BCUT2D eigenvalue weighted by molar-refractivity contribution is -0.0349. The Morgan fingerprint density at radius 3 is 2.76 bits per heavy atom. The summed E-state index contributed by atoms with van der Waals surface area (Å²) in [5.74, 6) is 2.27. The van der Waals surface area contributed by atoms with Gasteiger partial charge in [0.2, 0.25) is 0 Å². The van der Waals surface area contributed by atoms with Gasteiger partial charge in [0.25, 0.3) is 0 Å². The minimum absolute atomic E-state index is 0.242. The summed E-state index contributed by atoms with van der Waals surface area (Å²) in [5.41, 5.74) is -0.645. The number of terminal acetylenes is 1. The molecule has 2 atom stereocenters. The van der Waals surface area contributed by atoms with Gasteiger partial charge in [0.15, 0.2) is 0 Å². The molecule has 2 N–H and O–H groups in total. The number of nitrogens with one attached hydrogen (secondary N) is 1. The summed E-state index contributed by atoms with van der Waals surface area (Å²) < 4.78 is 13.7. The minimum Gasteiger partial charge on any atom is -0.388 e. The fraction of sp³-hybridized carbons (Fsp3) is 0.846. The number of rotatable bonds is 2. The maximum atomic E-state index is 13.7. The number of hydrogen-bond donors (Lipinski definition) is 2. The molecule has 0 aliphatic carbocycles. The summed E-state index contributed by atoms with van der Waals surface area (Å²) in [7, 11) is 0. The number of β-amino-alcohol motifs (C(OH)–C–C–N with tert-alkyl or cyclic N) is 1. The predicted octanol–water partition coefficient (Wildman–Crippen LogP) is 0.394. The van der Waals surface area contributed by atoms with Crippen LogP contribution in [0.15, 0.2) is 0 Å². The smallest absolute Gasteiger partial charge is 0.126 e. The van der Waals surface area contributed by atoms with Gasteiger partial charge in [-0.15, -0.1) is 12.3 Å². The molecule has 2 heterocycles. The zero-order valence-corrected chi connectivity index (χ0v) is 10.2. The predicted molar refractivity (Wildman–Crippen MR) is 65.3 cm³/mol. The largest absolute Gasteiger partial charge is 0.388 e. The molecule has 4 heteroatoms. The normalized spacial score (nSPS) is 34.2. The van der Waals surface area contributed by atoms with Crippen molar-refractivity contribution in [2.75, 3.05) is 32.7 Å². The highest BCUT2D eigenvalue weighted by Crippen LogP contribution is 2.24. The maximum Gasteiger partial charge on any atom is 0.126 e. The molecule has 2 rings (SSSR count). The first-order valence-corrected chi connectivity index (χ1v) is 6.39. The van der Waals surface area contributed by atoms with E-state index in [0.717, 1.165) is 32.5 Å². The Hall–Kier alpha value is -0.630. The fourth-order valence-corrected chi connectivity index (χ4v) is 2.77. The Balaban J connectivity index is 1.86. The first-order chi connectivity index (χ1) is 8.13. The molecule has 0 spiro atoms. The lowest BCUT2D eigenvalue weighted by Gasteiger charge is -2.40. The number of hydrogen-bond acceptors (Lipinski definition) is 3. The van der Waals surface area contributed by atoms with Crippen LogP contribution < -0.4 is 5.32 Å². The van der Waals surface area contributed by atoms with Crippen LogP contribution in [-0.4, -0.2) is 54.5 Å². The highest BCUT2D eigenvalue weighted by atomic mass is 19.1. The molecule has 0 radical (unpaired) electrons. The number of nitrogens with zero attached hydrogens (tertiary/aromatic N) is 1. The van der Waals surface area contributed by atoms with Crippen molar-refractivity contribution < 1.29 is 9.50 Å². The average Bonchev–Trinajstić information content (AvgIpc) is 2.29. The van der Waals surface area contributed by atoms with Crippen LogP contribution in [0.3, 0.4) is 0 Å². The van der Waals surface area contributed by atoms with Crippen LogP contribution in [-0.2, 0) is 0 Å². The van der Waals surface area contributed by atoms with E-state index in [4.69, 9.17) is 6.42 Å². The molecular formula is C13H21FN2O. The standard InChI is InChI=1S/C13H21FN2O/c1-2-11-3-8-16(9-12(11)14)10-13(17)4-6-15-7-5-13/h1,11-12,15,17H,3-10H2/t11-,12+/m1/s1. The van der Waals surface area contributed by atoms with Crippen molar-refractivity contribution in [1.29, 1.82) is 0 Å². The SMILES string of the molecule is C#C[C@@H]1CCN(CC2(O)CCNCC2)C[C@@H]1F. The molecule has 2 saturated heterocycles. The zero-order chi connectivity index (χ0) is 12.3. The second-order valence-electron chi connectivity index (χ2n) is 5.29. The van der Waals surface area contributed by atoms with Crippen LogP contribution in [0.4, 0.5) is 4.39 Å². The number of piperidine rings is 2. The number of aliphatic hydroxyl groups is 1. The minimum atomic E-state index is -0.945. The molecule has 17 heavy (non-hydrogen) atoms. The van der Waals surface area contributed by atoms with Gasteiger partial charge in [-0.2, -0.15) is 0 Å². The Bertz CT molecular complexity index is 296. The molecule has 0 saturated carbocycles. The summed E-state index contributed by atoms with van der Waals surface area (Å²) >= 11 is 0. The van der Waals surface area contributed by atoms with Crippen molar-refractivity contribution >= 4 is 0 Å². The molecule has 96 valence electrons. The molecule has 0 aromatic carbocycles. The highest BCUT2D eigenvalue weighted by molar-refractivity contribution is 5.01. The van der Waals surface area contributed by atoms with Crippen molar-refractivity contribution in [1.82, 2.24) is 10.2 Å². The Morgan fingerprint density at radius 2 is 2.18 bits per heavy atom. The Kier molecular flexibility index (Phi) is 4.03. The van der Waals surface area contributed by atoms with Gasteiger partial charge in [0.1, 0.15) is 6.17 Å². The van der Waals surface area contributed by atoms with E-state index in [0.29, 0.717) is 19.5 Å². The van der Waals surface area contributed by atoms with Gasteiger partial charge in [-0.25, -0.2) is 4.39 Å². The molecule has 0 bridgehead atoms. The topological polar surface area (TPSA) is 35.5 Å². The molecule has 0 aromatic rings. The highest BCUT2D eigenvalue weighted by Gasteiger charge is 2.35. The monoisotopic (exact) mass is 240 g/mol. The second kappa shape index (κ2) is 5.34. The van der Waals surface area contributed by atoms with E-state index >= 15 is 0 Å². The second-order valence-corrected chi connectivity index (χ2v) is 5.29. The maximum absolute atomic E-state index is 13.7. The molecule has 0 aromatic heterocycles. The van der Waals surface area contributed by atoms with Crippen molar-refractivity contribution in [3.8, 4) is 12.3 Å². The van der Waals surface area contributed by atoms with E-state index in [1.165, 1.54) is 0 Å². The fourth-order valence-electron chi connectivity index (χ4n) is 2.77. The zero-order valence-electron chi connectivity index (χ0n) is 10.2. The number of alkyl halides is 1. The van der Waals surface area contributed by atoms with E-state index in [9.17, 15) is 9.50 Å². The van der Waals surface area contributed by atoms with Crippen LogP contribution in [0.25, 0.3) is 0 Å². The summed E-state index contributed by atoms with van der Waals surface area (Å²) in [4.78, 5) is 2.02. The summed E-state index contributed by atoms with van der Waals surface area (Å²) in [6.07, 6.45) is 6.54. The average molecular weight is 240 g/mol. The lowest BCUT2D eigenvalue weighted by Crippen LogP contribution is -2.53. The summed E-state index contributed by atoms with van der Waals surface area (Å²) in [6.45, 7) is 3.43. The van der Waals surface area contributed by atoms with E-state index in [2.05, 4.69) is 11.2 Å². The number of likely N-dealkylation sites (tertiary alicyclic amines) is 1. The van der Waals surface area contributed by atoms with Crippen LogP contribution in [0.5, 0.6) is 0 Å². The lowest BCUT2D eigenvalue weighted by atomic mass is 9.89. The molecule has 0 amide bonds. The summed E-state index contributed by atoms with van der Waals surface area (Å²) in [6, 6.07) is 0. The molecule has 3 nitrogen and oxygen atoms in total. The first kappa shape index (κ1) is 12.8. The van der Waals surface area contributed by atoms with Gasteiger partial charge in [-0.3, -0.25) is 4.90 Å². The molecule has 2 fully saturated rings. The van der Waals surface area contributed by atoms with Gasteiger partial charge in [-0.1, -0.05) is 0 Å². The Labute approximate surface area is 102 Å². The van der Waals surface area contributed by atoms with Gasteiger partial charge < -0.3 is 10.4 Å². The van der Waals surface area contributed by atoms with Crippen molar-refractivity contribution in [3.63, 3.8) is 0 Å². The van der Waals surface area contributed by atoms with Crippen molar-refractivity contribution in [3.05, 3.63) is 0 Å². The van der Waals surface area contributed by atoms with Gasteiger partial charge in [-0.05, 0) is 38.9 Å². The number of halogens is 1. The van der Waals surface area contributed by atoms with E-state index in [1.54, 1.807) is 0 Å². The quantitative estimate of drug-likeness (QED) is 0.686. The third-order valence-corrected chi connectivity index (χ3v) is 3.89. The van der Waals surface area contributed by atoms with Crippen LogP contribution in [0, 0.1) is 18.3 Å². The van der Waals surface area contributed by atoms with Crippen LogP contribution in [0.1, 0.15) is 19.3 Å². The van der Waals surface area contributed by atoms with E-state index in [1.807, 2.05) is 4.90 Å². The van der Waals surface area contributed by atoms with E-state index < -0.39 is 11.8 Å². The van der Waals surface area contributed by atoms with Gasteiger partial charge >= 0.3 is 0 Å². The molecular weight excluding hydrogens is 219 g/mol. The third-order valence-electron chi connectivity index (χ3n) is 3.89. The summed E-state index contributed by atoms with van der Waals surface area (Å²) in [5, 5.41) is 13.6. The van der Waals surface area contributed by atoms with Crippen molar-refractivity contribution in [2.45, 2.75) is 31.0 Å². The van der Waals surface area contributed by atoms with Crippen molar-refractivity contribution in [2.24, 2.45) is 5.92 Å². The van der Waals surface area contributed by atoms with Crippen LogP contribution in [0.2, 0.25) is 0 Å². The van der Waals surface area contributed by atoms with E-state index in [-0.39, 0.29) is 5.92 Å². The first-order valence-electron chi connectivity index (χ1n) is 6.39. The van der Waals surface area contributed by atoms with Crippen LogP contribution >= 0.6 is 0 Å². The van der Waals surface area contributed by atoms with Gasteiger partial charge in [0, 0.05) is 13.1 Å². The van der Waals surface area contributed by atoms with Gasteiger partial charge in [0.05, 0.1) is 11.5 Å².